The molecule has 1 aromatic rings. The Labute approximate surface area is 150 Å². The van der Waals surface area contributed by atoms with E-state index in [0.29, 0.717) is 31.9 Å². The topological polar surface area (TPSA) is 94.7 Å². The monoisotopic (exact) mass is 386 g/mol. The van der Waals surface area contributed by atoms with Gasteiger partial charge in [-0.15, -0.1) is 24.8 Å². The van der Waals surface area contributed by atoms with Gasteiger partial charge in [-0.05, 0) is 18.2 Å². The molecule has 6 nitrogen and oxygen atoms in total. The highest BCUT2D eigenvalue weighted by molar-refractivity contribution is 5.91. The van der Waals surface area contributed by atoms with E-state index in [4.69, 9.17) is 16.9 Å². The maximum Gasteiger partial charge on any atom is 0.416 e. The maximum absolute atomic E-state index is 12.7. The Hall–Kier alpha value is -1.87. The third-order valence-corrected chi connectivity index (χ3v) is 3.35. The summed E-state index contributed by atoms with van der Waals surface area (Å²) in [6, 6.07) is 5.23. The third kappa shape index (κ3) is 5.64. The van der Waals surface area contributed by atoms with Crippen molar-refractivity contribution in [2.24, 2.45) is 16.5 Å². The zero-order valence-corrected chi connectivity index (χ0v) is 14.2. The molecule has 1 heterocycles. The second kappa shape index (κ2) is 8.84. The van der Waals surface area contributed by atoms with Crippen LogP contribution in [0.15, 0.2) is 29.3 Å². The predicted molar refractivity (Wildman–Crippen MR) is 93.3 cm³/mol. The lowest BCUT2D eigenvalue weighted by Gasteiger charge is -2.36. The zero-order valence-electron chi connectivity index (χ0n) is 12.6. The zero-order chi connectivity index (χ0) is 16.3. The summed E-state index contributed by atoms with van der Waals surface area (Å²) >= 11 is 0. The maximum atomic E-state index is 12.7. The Balaban J connectivity index is 0.00000264. The van der Waals surface area contributed by atoms with E-state index in [9.17, 15) is 13.2 Å². The number of rotatable bonds is 1. The summed E-state index contributed by atoms with van der Waals surface area (Å²) in [5.41, 5.74) is 10.3. The van der Waals surface area contributed by atoms with Crippen LogP contribution in [0.2, 0.25) is 0 Å². The van der Waals surface area contributed by atoms with Crippen LogP contribution in [0.1, 0.15) is 5.56 Å². The number of nitrogens with one attached hydrogen (secondary N) is 1. The van der Waals surface area contributed by atoms with Crippen molar-refractivity contribution in [3.05, 3.63) is 29.8 Å². The molecular weight excluding hydrogens is 368 g/mol. The van der Waals surface area contributed by atoms with Gasteiger partial charge in [-0.1, -0.05) is 6.07 Å². The molecule has 0 unspecified atom stereocenters. The van der Waals surface area contributed by atoms with Crippen LogP contribution in [-0.2, 0) is 6.18 Å². The Morgan fingerprint density at radius 2 is 1.67 bits per heavy atom. The molecule has 1 aromatic carbocycles. The van der Waals surface area contributed by atoms with E-state index in [2.05, 4.69) is 4.99 Å². The first-order valence-corrected chi connectivity index (χ1v) is 6.63. The van der Waals surface area contributed by atoms with Gasteiger partial charge in [-0.25, -0.2) is 0 Å². The first kappa shape index (κ1) is 22.1. The number of piperazine rings is 1. The molecule has 0 radical (unpaired) electrons. The van der Waals surface area contributed by atoms with E-state index in [1.165, 1.54) is 6.07 Å². The Morgan fingerprint density at radius 1 is 1.08 bits per heavy atom. The number of nitrogens with two attached hydrogens (primary N) is 2. The van der Waals surface area contributed by atoms with Gasteiger partial charge in [0.25, 0.3) is 0 Å². The normalized spacial score (nSPS) is 14.3. The van der Waals surface area contributed by atoms with Crippen molar-refractivity contribution >= 4 is 42.4 Å². The van der Waals surface area contributed by atoms with Gasteiger partial charge in [0.1, 0.15) is 0 Å². The first-order chi connectivity index (χ1) is 10.3. The molecule has 0 bridgehead atoms. The molecule has 1 saturated heterocycles. The summed E-state index contributed by atoms with van der Waals surface area (Å²) < 4.78 is 38.2. The van der Waals surface area contributed by atoms with Crippen LogP contribution in [-0.4, -0.2) is 43.0 Å². The van der Waals surface area contributed by atoms with E-state index in [0.717, 1.165) is 12.1 Å². The second-order valence-corrected chi connectivity index (χ2v) is 4.88. The Bertz CT molecular complexity index is 581. The summed E-state index contributed by atoms with van der Waals surface area (Å²) in [4.78, 5) is 7.17. The number of anilines is 1. The molecule has 24 heavy (non-hydrogen) atoms. The van der Waals surface area contributed by atoms with Crippen LogP contribution in [0.25, 0.3) is 0 Å². The molecule has 0 spiro atoms. The van der Waals surface area contributed by atoms with Crippen LogP contribution < -0.4 is 16.4 Å². The summed E-state index contributed by atoms with van der Waals surface area (Å²) in [5.74, 6) is -0.228. The number of halogens is 5. The molecule has 2 rings (SSSR count). The van der Waals surface area contributed by atoms with Crippen LogP contribution in [0.4, 0.5) is 18.9 Å². The van der Waals surface area contributed by atoms with Gasteiger partial charge in [-0.3, -0.25) is 5.41 Å². The lowest BCUT2D eigenvalue weighted by molar-refractivity contribution is -0.137. The van der Waals surface area contributed by atoms with Gasteiger partial charge in [-0.2, -0.15) is 18.2 Å². The summed E-state index contributed by atoms with van der Waals surface area (Å²) in [7, 11) is 0. The number of benzene rings is 1. The average molecular weight is 387 g/mol. The number of alkyl halides is 3. The quantitative estimate of drug-likeness (QED) is 0.507. The Kier molecular flexibility index (Phi) is 8.15. The fourth-order valence-electron chi connectivity index (χ4n) is 2.25. The molecule has 11 heteroatoms. The summed E-state index contributed by atoms with van der Waals surface area (Å²) in [5, 5.41) is 7.71. The van der Waals surface area contributed by atoms with Crippen molar-refractivity contribution in [2.45, 2.75) is 6.18 Å². The lowest BCUT2D eigenvalue weighted by Crippen LogP contribution is -2.48. The highest BCUT2D eigenvalue weighted by Gasteiger charge is 2.31. The minimum atomic E-state index is -4.35. The minimum absolute atomic E-state index is 0. The number of nitrogens with zero attached hydrogens (tertiary/aromatic N) is 3. The number of guanidine groups is 2. The summed E-state index contributed by atoms with van der Waals surface area (Å²) in [6.07, 6.45) is -4.35. The molecule has 1 aliphatic heterocycles. The lowest BCUT2D eigenvalue weighted by atomic mass is 10.1. The van der Waals surface area contributed by atoms with E-state index in [1.54, 1.807) is 11.0 Å². The van der Waals surface area contributed by atoms with Crippen LogP contribution >= 0.6 is 24.8 Å². The van der Waals surface area contributed by atoms with Crippen molar-refractivity contribution in [3.63, 3.8) is 0 Å². The van der Waals surface area contributed by atoms with Crippen molar-refractivity contribution in [3.8, 4) is 0 Å². The number of hydrogen-bond acceptors (Lipinski definition) is 2. The van der Waals surface area contributed by atoms with Crippen LogP contribution in [0, 0.1) is 5.41 Å². The van der Waals surface area contributed by atoms with E-state index in [-0.39, 0.29) is 36.7 Å². The van der Waals surface area contributed by atoms with Gasteiger partial charge in [0, 0.05) is 31.9 Å². The number of hydrogen-bond donors (Lipinski definition) is 3. The highest BCUT2D eigenvalue weighted by atomic mass is 35.5. The van der Waals surface area contributed by atoms with Gasteiger partial charge in [0.2, 0.25) is 5.96 Å². The van der Waals surface area contributed by atoms with Crippen LogP contribution in [0.5, 0.6) is 0 Å². The largest absolute Gasteiger partial charge is 0.416 e. The van der Waals surface area contributed by atoms with Gasteiger partial charge in [0.15, 0.2) is 5.96 Å². The smallest absolute Gasteiger partial charge is 0.370 e. The standard InChI is InChI=1S/C13H17F3N6.2ClH/c14-13(15,16)9-2-1-3-10(8-9)21-4-6-22(7-5-21)12(19)20-11(17)18;;/h1-3,8H,4-7H2,(H5,17,18,19,20);2*1H. The van der Waals surface area contributed by atoms with E-state index < -0.39 is 11.7 Å². The SMILES string of the molecule is Cl.Cl.N=C(N=C(N)N)N1CCN(c2cccc(C(F)(F)F)c2)CC1. The second-order valence-electron chi connectivity index (χ2n) is 4.88. The fourth-order valence-corrected chi connectivity index (χ4v) is 2.25. The average Bonchev–Trinajstić information content (AvgIpc) is 2.46. The minimum Gasteiger partial charge on any atom is -0.370 e. The molecule has 0 amide bonds. The first-order valence-electron chi connectivity index (χ1n) is 6.63. The van der Waals surface area contributed by atoms with E-state index in [1.807, 2.05) is 4.90 Å². The van der Waals surface area contributed by atoms with Crippen molar-refractivity contribution in [1.29, 1.82) is 5.41 Å². The predicted octanol–water partition coefficient (Wildman–Crippen LogP) is 1.88. The Morgan fingerprint density at radius 3 is 2.17 bits per heavy atom. The summed E-state index contributed by atoms with van der Waals surface area (Å²) in [6.45, 7) is 1.91. The molecule has 5 N–H and O–H groups in total. The molecule has 1 aliphatic rings. The molecule has 136 valence electrons. The molecule has 0 aromatic heterocycles. The van der Waals surface area contributed by atoms with Gasteiger partial charge < -0.3 is 21.3 Å². The van der Waals surface area contributed by atoms with E-state index >= 15 is 0 Å². The van der Waals surface area contributed by atoms with Crippen LogP contribution in [0.3, 0.4) is 0 Å². The highest BCUT2D eigenvalue weighted by Crippen LogP contribution is 2.31. The van der Waals surface area contributed by atoms with Crippen molar-refractivity contribution < 1.29 is 13.2 Å². The van der Waals surface area contributed by atoms with Gasteiger partial charge in [0.05, 0.1) is 5.56 Å². The fraction of sp³-hybridized carbons (Fsp3) is 0.385. The molecule has 1 fully saturated rings. The molecule has 0 aliphatic carbocycles. The van der Waals surface area contributed by atoms with Crippen molar-refractivity contribution in [1.82, 2.24) is 4.90 Å². The molecule has 0 saturated carbocycles. The van der Waals surface area contributed by atoms with Gasteiger partial charge >= 0.3 is 6.18 Å². The van der Waals surface area contributed by atoms with Crippen molar-refractivity contribution in [2.75, 3.05) is 31.1 Å². The molecule has 0 atom stereocenters. The number of aliphatic imine (C=N–C) groups is 1. The molecular formula is C13H19Cl2F3N6. The third-order valence-electron chi connectivity index (χ3n) is 3.35.